The van der Waals surface area contributed by atoms with E-state index in [-0.39, 0.29) is 10.8 Å². The Hall–Kier alpha value is -4.88. The smallest absolute Gasteiger partial charge is 0.0465 e. The molecule has 6 aromatic carbocycles. The van der Waals surface area contributed by atoms with Crippen LogP contribution < -0.4 is 4.90 Å². The molecule has 5 aliphatic carbocycles. The summed E-state index contributed by atoms with van der Waals surface area (Å²) in [4.78, 5) is 2.57. The van der Waals surface area contributed by atoms with Crippen molar-refractivity contribution in [1.82, 2.24) is 0 Å². The van der Waals surface area contributed by atoms with E-state index in [0.717, 1.165) is 17.8 Å². The predicted molar refractivity (Wildman–Crippen MR) is 300 cm³/mol. The maximum atomic E-state index is 2.77. The maximum Gasteiger partial charge on any atom is 0.0465 e. The normalized spacial score (nSPS) is 19.6. The van der Waals surface area contributed by atoms with Crippen molar-refractivity contribution >= 4 is 17.1 Å². The third-order valence-electron chi connectivity index (χ3n) is 18.6. The van der Waals surface area contributed by atoms with E-state index < -0.39 is 0 Å². The molecule has 364 valence electrons. The average molecular weight is 926 g/mol. The molecule has 0 N–H and O–H groups in total. The third kappa shape index (κ3) is 9.62. The molecule has 0 spiro atoms. The van der Waals surface area contributed by atoms with E-state index in [4.69, 9.17) is 0 Å². The van der Waals surface area contributed by atoms with Crippen LogP contribution in [-0.2, 0) is 30.1 Å². The minimum absolute atomic E-state index is 0.0829. The molecule has 0 aromatic heterocycles. The molecule has 1 heteroatoms. The highest BCUT2D eigenvalue weighted by Crippen LogP contribution is 2.53. The second kappa shape index (κ2) is 20.7. The lowest BCUT2D eigenvalue weighted by Gasteiger charge is -2.30. The van der Waals surface area contributed by atoms with Gasteiger partial charge in [0.25, 0.3) is 0 Å². The second-order valence-electron chi connectivity index (χ2n) is 24.2. The van der Waals surface area contributed by atoms with Crippen LogP contribution in [-0.4, -0.2) is 0 Å². The van der Waals surface area contributed by atoms with Crippen molar-refractivity contribution < 1.29 is 0 Å². The number of hydrogen-bond donors (Lipinski definition) is 0. The van der Waals surface area contributed by atoms with Gasteiger partial charge in [-0.3, -0.25) is 0 Å². The van der Waals surface area contributed by atoms with Crippen molar-refractivity contribution in [2.24, 2.45) is 17.8 Å². The van der Waals surface area contributed by atoms with E-state index in [9.17, 15) is 0 Å². The lowest BCUT2D eigenvalue weighted by Crippen LogP contribution is -2.18. The second-order valence-corrected chi connectivity index (χ2v) is 24.2. The summed E-state index contributed by atoms with van der Waals surface area (Å²) in [6, 6.07) is 48.4. The largest absolute Gasteiger partial charge is 0.310 e. The lowest BCUT2D eigenvalue weighted by molar-refractivity contribution is 0.371. The summed E-state index contributed by atoms with van der Waals surface area (Å²) in [6.07, 6.45) is 33.4. The molecule has 0 atom stereocenters. The Morgan fingerprint density at radius 2 is 0.714 bits per heavy atom. The van der Waals surface area contributed by atoms with Gasteiger partial charge in [-0.15, -0.1) is 0 Å². The molecule has 0 bridgehead atoms. The van der Waals surface area contributed by atoms with Crippen LogP contribution in [0.15, 0.2) is 121 Å². The molecule has 5 aliphatic rings. The van der Waals surface area contributed by atoms with Gasteiger partial charge >= 0.3 is 0 Å². The fraction of sp³-hybridized carbons (Fsp3) is 0.478. The summed E-state index contributed by atoms with van der Waals surface area (Å²) in [7, 11) is 0. The van der Waals surface area contributed by atoms with Crippen molar-refractivity contribution in [3.8, 4) is 33.4 Å². The summed E-state index contributed by atoms with van der Waals surface area (Å²) in [5.41, 5.74) is 22.7. The first-order chi connectivity index (χ1) is 34.2. The minimum Gasteiger partial charge on any atom is -0.310 e. The highest BCUT2D eigenvalue weighted by atomic mass is 15.1. The highest BCUT2D eigenvalue weighted by molar-refractivity contribution is 5.89. The van der Waals surface area contributed by atoms with Crippen LogP contribution in [0.1, 0.15) is 201 Å². The molecule has 0 aliphatic heterocycles. The van der Waals surface area contributed by atoms with Gasteiger partial charge < -0.3 is 4.90 Å². The van der Waals surface area contributed by atoms with E-state index in [1.54, 1.807) is 22.3 Å². The molecular formula is C69H83N. The summed E-state index contributed by atoms with van der Waals surface area (Å²) in [5.74, 6) is 2.40. The number of benzene rings is 6. The van der Waals surface area contributed by atoms with Crippen LogP contribution in [0.4, 0.5) is 17.1 Å². The van der Waals surface area contributed by atoms with Crippen molar-refractivity contribution in [3.05, 3.63) is 160 Å². The molecule has 3 fully saturated rings. The fourth-order valence-electron chi connectivity index (χ4n) is 14.7. The van der Waals surface area contributed by atoms with Gasteiger partial charge in [-0.25, -0.2) is 0 Å². The van der Waals surface area contributed by atoms with E-state index in [1.165, 1.54) is 221 Å². The van der Waals surface area contributed by atoms with Gasteiger partial charge in [0.1, 0.15) is 0 Å². The molecule has 3 saturated carbocycles. The molecule has 1 nitrogen and oxygen atoms in total. The zero-order chi connectivity index (χ0) is 47.7. The van der Waals surface area contributed by atoms with Crippen molar-refractivity contribution in [2.75, 3.05) is 4.90 Å². The monoisotopic (exact) mass is 926 g/mol. The van der Waals surface area contributed by atoms with Crippen LogP contribution in [0, 0.1) is 17.8 Å². The van der Waals surface area contributed by atoms with Crippen molar-refractivity contribution in [3.63, 3.8) is 0 Å². The first-order valence-corrected chi connectivity index (χ1v) is 28.8. The molecule has 6 aromatic rings. The molecule has 0 amide bonds. The van der Waals surface area contributed by atoms with Gasteiger partial charge in [0.15, 0.2) is 0 Å². The quantitative estimate of drug-likeness (QED) is 0.132. The van der Waals surface area contributed by atoms with Crippen LogP contribution in [0.3, 0.4) is 0 Å². The summed E-state index contributed by atoms with van der Waals surface area (Å²) in [6.45, 7) is 9.67. The molecule has 0 radical (unpaired) electrons. The number of rotatable bonds is 10. The van der Waals surface area contributed by atoms with Gasteiger partial charge in [0.2, 0.25) is 0 Å². The van der Waals surface area contributed by atoms with E-state index in [2.05, 4.69) is 154 Å². The van der Waals surface area contributed by atoms with Gasteiger partial charge in [0.05, 0.1) is 0 Å². The van der Waals surface area contributed by atoms with Gasteiger partial charge in [-0.05, 0) is 146 Å². The van der Waals surface area contributed by atoms with E-state index in [1.807, 2.05) is 0 Å². The predicted octanol–water partition coefficient (Wildman–Crippen LogP) is 20.1. The number of fused-ring (bicyclic) bond motifs is 6. The SMILES string of the molecule is CC1(C)c2ccccc2-c2ccc(N(c3ccc(-c4c(CC5CCCCCCC5)cc(CC5CCCCCCC5)cc4CC4CCCCCCC4)cc3)c3ccc4c(c3)C(C)(C)c3ccccc3-4)cc21. The Kier molecular flexibility index (Phi) is 14.0. The molecule has 0 unspecified atom stereocenters. The topological polar surface area (TPSA) is 3.24 Å². The molecule has 70 heavy (non-hydrogen) atoms. The highest BCUT2D eigenvalue weighted by Gasteiger charge is 2.38. The molecule has 0 heterocycles. The van der Waals surface area contributed by atoms with Crippen molar-refractivity contribution in [1.29, 1.82) is 0 Å². The zero-order valence-corrected chi connectivity index (χ0v) is 43.7. The van der Waals surface area contributed by atoms with Crippen molar-refractivity contribution in [2.45, 2.75) is 193 Å². The van der Waals surface area contributed by atoms with Gasteiger partial charge in [-0.1, -0.05) is 247 Å². The standard InChI is InChI=1S/C69H83N/c1-68(2)63-32-22-20-30-59(63)61-40-38-57(47-65(61)68)70(58-39-41-62-60-31-21-23-33-64(60)69(3,4)66(62)48-58)56-36-34-53(35-37-56)67-54(43-50-26-16-10-6-11-17-27-50)45-52(42-49-24-14-8-5-9-15-25-49)46-55(67)44-51-28-18-12-7-13-19-29-51/h20-23,30-41,45-51H,5-19,24-29,42-44H2,1-4H3. The summed E-state index contributed by atoms with van der Waals surface area (Å²) in [5, 5.41) is 0. The van der Waals surface area contributed by atoms with Crippen LogP contribution in [0.25, 0.3) is 33.4 Å². The first kappa shape index (κ1) is 47.4. The van der Waals surface area contributed by atoms with Gasteiger partial charge in [-0.2, -0.15) is 0 Å². The Balaban J connectivity index is 1.03. The maximum absolute atomic E-state index is 2.77. The minimum atomic E-state index is -0.0829. The lowest BCUT2D eigenvalue weighted by atomic mass is 9.78. The molecule has 0 saturated heterocycles. The van der Waals surface area contributed by atoms with E-state index in [0.29, 0.717) is 0 Å². The van der Waals surface area contributed by atoms with Crippen LogP contribution >= 0.6 is 0 Å². The summed E-state index contributed by atoms with van der Waals surface area (Å²) >= 11 is 0. The Morgan fingerprint density at radius 3 is 1.14 bits per heavy atom. The summed E-state index contributed by atoms with van der Waals surface area (Å²) < 4.78 is 0. The number of nitrogens with zero attached hydrogens (tertiary/aromatic N) is 1. The average Bonchev–Trinajstić information content (AvgIpc) is 3.71. The van der Waals surface area contributed by atoms with Crippen LogP contribution in [0.5, 0.6) is 0 Å². The number of hydrogen-bond acceptors (Lipinski definition) is 1. The van der Waals surface area contributed by atoms with E-state index >= 15 is 0 Å². The fourth-order valence-corrected chi connectivity index (χ4v) is 14.7. The third-order valence-corrected chi connectivity index (χ3v) is 18.6. The number of anilines is 3. The Labute approximate surface area is 423 Å². The molecular weight excluding hydrogens is 843 g/mol. The first-order valence-electron chi connectivity index (χ1n) is 28.8. The Bertz CT molecular complexity index is 2590. The Morgan fingerprint density at radius 1 is 0.357 bits per heavy atom. The zero-order valence-electron chi connectivity index (χ0n) is 43.7. The van der Waals surface area contributed by atoms with Gasteiger partial charge in [0, 0.05) is 27.9 Å². The van der Waals surface area contributed by atoms with Crippen LogP contribution in [0.2, 0.25) is 0 Å². The molecule has 11 rings (SSSR count).